The van der Waals surface area contributed by atoms with Crippen molar-refractivity contribution in [2.24, 2.45) is 0 Å². The Labute approximate surface area is 165 Å². The molecule has 2 rings (SSSR count). The Morgan fingerprint density at radius 2 is 1.89 bits per heavy atom. The summed E-state index contributed by atoms with van der Waals surface area (Å²) in [7, 11) is 1.55. The third kappa shape index (κ3) is 5.73. The summed E-state index contributed by atoms with van der Waals surface area (Å²) < 4.78 is 5.66. The maximum Gasteiger partial charge on any atom is 0.261 e. The zero-order chi connectivity index (χ0) is 20.0. The van der Waals surface area contributed by atoms with Crippen LogP contribution in [0.25, 0.3) is 0 Å². The Hall–Kier alpha value is -2.53. The van der Waals surface area contributed by atoms with E-state index in [1.54, 1.807) is 26.1 Å². The van der Waals surface area contributed by atoms with E-state index in [1.165, 1.54) is 4.90 Å². The summed E-state index contributed by atoms with van der Waals surface area (Å²) in [5, 5.41) is 3.17. The lowest BCUT2D eigenvalue weighted by atomic mass is 10.1. The standard InChI is InChI=1S/C21H25ClN2O3/c1-14-8-9-19(10-15(14)2)27-13-20(25)24(16(3)21(26)23-4)12-17-6-5-7-18(22)11-17/h5-11,16H,12-13H2,1-4H3,(H,23,26). The highest BCUT2D eigenvalue weighted by molar-refractivity contribution is 6.30. The average Bonchev–Trinajstić information content (AvgIpc) is 2.65. The molecule has 0 aromatic heterocycles. The Kier molecular flexibility index (Phi) is 7.25. The second-order valence-electron chi connectivity index (χ2n) is 6.48. The minimum atomic E-state index is -0.634. The van der Waals surface area contributed by atoms with Crippen LogP contribution in [0.5, 0.6) is 5.75 Å². The molecule has 27 heavy (non-hydrogen) atoms. The van der Waals surface area contributed by atoms with Crippen LogP contribution in [-0.4, -0.2) is 36.4 Å². The first-order chi connectivity index (χ1) is 12.8. The van der Waals surface area contributed by atoms with Gasteiger partial charge in [-0.1, -0.05) is 29.8 Å². The van der Waals surface area contributed by atoms with Crippen molar-refractivity contribution in [3.8, 4) is 5.75 Å². The third-order valence-corrected chi connectivity index (χ3v) is 4.73. The molecule has 1 N–H and O–H groups in total. The number of hydrogen-bond acceptors (Lipinski definition) is 3. The molecular formula is C21H25ClN2O3. The van der Waals surface area contributed by atoms with E-state index in [1.807, 2.05) is 44.2 Å². The summed E-state index contributed by atoms with van der Waals surface area (Å²) >= 11 is 6.04. The molecule has 0 aliphatic rings. The Bertz CT molecular complexity index is 823. The van der Waals surface area contributed by atoms with Crippen molar-refractivity contribution in [1.82, 2.24) is 10.2 Å². The predicted octanol–water partition coefficient (Wildman–Crippen LogP) is 3.50. The van der Waals surface area contributed by atoms with Crippen molar-refractivity contribution < 1.29 is 14.3 Å². The topological polar surface area (TPSA) is 58.6 Å². The number of carbonyl (C=O) groups is 2. The van der Waals surface area contributed by atoms with Gasteiger partial charge >= 0.3 is 0 Å². The van der Waals surface area contributed by atoms with Crippen LogP contribution in [0.4, 0.5) is 0 Å². The van der Waals surface area contributed by atoms with E-state index in [9.17, 15) is 9.59 Å². The van der Waals surface area contributed by atoms with Gasteiger partial charge in [0.1, 0.15) is 11.8 Å². The van der Waals surface area contributed by atoms with Crippen LogP contribution in [0.3, 0.4) is 0 Å². The van der Waals surface area contributed by atoms with Gasteiger partial charge in [-0.2, -0.15) is 0 Å². The molecule has 2 aromatic carbocycles. The number of ether oxygens (including phenoxy) is 1. The highest BCUT2D eigenvalue weighted by Crippen LogP contribution is 2.18. The summed E-state index contributed by atoms with van der Waals surface area (Å²) in [5.41, 5.74) is 3.09. The minimum absolute atomic E-state index is 0.148. The number of halogens is 1. The molecule has 0 spiro atoms. The number of benzene rings is 2. The van der Waals surface area contributed by atoms with E-state index in [-0.39, 0.29) is 25.0 Å². The van der Waals surface area contributed by atoms with Gasteiger partial charge in [0.05, 0.1) is 0 Å². The zero-order valence-corrected chi connectivity index (χ0v) is 16.8. The number of rotatable bonds is 7. The lowest BCUT2D eigenvalue weighted by Gasteiger charge is -2.28. The molecular weight excluding hydrogens is 364 g/mol. The lowest BCUT2D eigenvalue weighted by Crippen LogP contribution is -2.48. The number of nitrogens with zero attached hydrogens (tertiary/aromatic N) is 1. The van der Waals surface area contributed by atoms with Gasteiger partial charge < -0.3 is 15.0 Å². The van der Waals surface area contributed by atoms with Crippen molar-refractivity contribution in [2.45, 2.75) is 33.4 Å². The smallest absolute Gasteiger partial charge is 0.261 e. The molecule has 0 saturated heterocycles. The number of nitrogens with one attached hydrogen (secondary N) is 1. The van der Waals surface area contributed by atoms with E-state index in [4.69, 9.17) is 16.3 Å². The Balaban J connectivity index is 2.14. The SMILES string of the molecule is CNC(=O)C(C)N(Cc1cccc(Cl)c1)C(=O)COc1ccc(C)c(C)c1. The molecule has 0 aliphatic carbocycles. The molecule has 0 heterocycles. The van der Waals surface area contributed by atoms with Gasteiger partial charge in [-0.15, -0.1) is 0 Å². The van der Waals surface area contributed by atoms with Gasteiger partial charge in [-0.25, -0.2) is 0 Å². The van der Waals surface area contributed by atoms with Gasteiger partial charge in [0.2, 0.25) is 5.91 Å². The van der Waals surface area contributed by atoms with Crippen LogP contribution in [0.15, 0.2) is 42.5 Å². The van der Waals surface area contributed by atoms with Gasteiger partial charge in [0.15, 0.2) is 6.61 Å². The van der Waals surface area contributed by atoms with Crippen LogP contribution in [-0.2, 0) is 16.1 Å². The lowest BCUT2D eigenvalue weighted by molar-refractivity contribution is -0.142. The largest absolute Gasteiger partial charge is 0.484 e. The van der Waals surface area contributed by atoms with Crippen molar-refractivity contribution >= 4 is 23.4 Å². The molecule has 0 fully saturated rings. The second kappa shape index (κ2) is 9.42. The first-order valence-electron chi connectivity index (χ1n) is 8.77. The van der Waals surface area contributed by atoms with E-state index >= 15 is 0 Å². The van der Waals surface area contributed by atoms with Crippen molar-refractivity contribution in [1.29, 1.82) is 0 Å². The summed E-state index contributed by atoms with van der Waals surface area (Å²) in [4.78, 5) is 26.4. The predicted molar refractivity (Wildman–Crippen MR) is 107 cm³/mol. The van der Waals surface area contributed by atoms with Gasteiger partial charge in [-0.05, 0) is 61.7 Å². The van der Waals surface area contributed by atoms with E-state index in [2.05, 4.69) is 5.32 Å². The molecule has 0 aliphatic heterocycles. The van der Waals surface area contributed by atoms with Crippen molar-refractivity contribution in [3.05, 3.63) is 64.2 Å². The minimum Gasteiger partial charge on any atom is -0.484 e. The number of aryl methyl sites for hydroxylation is 2. The third-order valence-electron chi connectivity index (χ3n) is 4.50. The normalized spacial score (nSPS) is 11.6. The zero-order valence-electron chi connectivity index (χ0n) is 16.1. The summed E-state index contributed by atoms with van der Waals surface area (Å²) in [5.74, 6) is 0.114. The van der Waals surface area contributed by atoms with Crippen LogP contribution in [0.1, 0.15) is 23.6 Å². The van der Waals surface area contributed by atoms with E-state index in [0.717, 1.165) is 16.7 Å². The molecule has 2 amide bonds. The molecule has 0 saturated carbocycles. The first kappa shape index (κ1) is 20.8. The maximum atomic E-state index is 12.8. The Morgan fingerprint density at radius 1 is 1.15 bits per heavy atom. The molecule has 0 bridgehead atoms. The molecule has 144 valence electrons. The quantitative estimate of drug-likeness (QED) is 0.789. The fourth-order valence-corrected chi connectivity index (χ4v) is 2.87. The van der Waals surface area contributed by atoms with E-state index in [0.29, 0.717) is 10.8 Å². The van der Waals surface area contributed by atoms with Crippen molar-refractivity contribution in [3.63, 3.8) is 0 Å². The number of hydrogen-bond donors (Lipinski definition) is 1. The second-order valence-corrected chi connectivity index (χ2v) is 6.91. The van der Waals surface area contributed by atoms with Crippen molar-refractivity contribution in [2.75, 3.05) is 13.7 Å². The summed E-state index contributed by atoms with van der Waals surface area (Å²) in [6.45, 7) is 5.82. The van der Waals surface area contributed by atoms with E-state index < -0.39 is 6.04 Å². The molecule has 5 nitrogen and oxygen atoms in total. The van der Waals surface area contributed by atoms with Crippen LogP contribution in [0, 0.1) is 13.8 Å². The number of carbonyl (C=O) groups excluding carboxylic acids is 2. The fourth-order valence-electron chi connectivity index (χ4n) is 2.66. The van der Waals surface area contributed by atoms with Crippen LogP contribution < -0.4 is 10.1 Å². The highest BCUT2D eigenvalue weighted by Gasteiger charge is 2.25. The highest BCUT2D eigenvalue weighted by atomic mass is 35.5. The van der Waals surface area contributed by atoms with Gasteiger partial charge in [0, 0.05) is 18.6 Å². The molecule has 6 heteroatoms. The fraction of sp³-hybridized carbons (Fsp3) is 0.333. The van der Waals surface area contributed by atoms with Crippen LogP contribution >= 0.6 is 11.6 Å². The Morgan fingerprint density at radius 3 is 2.52 bits per heavy atom. The number of likely N-dealkylation sites (N-methyl/N-ethyl adjacent to an activating group) is 1. The molecule has 1 unspecified atom stereocenters. The molecule has 2 aromatic rings. The molecule has 1 atom stereocenters. The van der Waals surface area contributed by atoms with Gasteiger partial charge in [-0.3, -0.25) is 9.59 Å². The maximum absolute atomic E-state index is 12.8. The first-order valence-corrected chi connectivity index (χ1v) is 9.15. The molecule has 0 radical (unpaired) electrons. The number of amides is 2. The summed E-state index contributed by atoms with van der Waals surface area (Å²) in [6.07, 6.45) is 0. The van der Waals surface area contributed by atoms with Gasteiger partial charge in [0.25, 0.3) is 5.91 Å². The van der Waals surface area contributed by atoms with Crippen LogP contribution in [0.2, 0.25) is 5.02 Å². The monoisotopic (exact) mass is 388 g/mol. The summed E-state index contributed by atoms with van der Waals surface area (Å²) in [6, 6.07) is 12.3. The average molecular weight is 389 g/mol.